The van der Waals surface area contributed by atoms with Crippen molar-refractivity contribution in [3.8, 4) is 0 Å². The van der Waals surface area contributed by atoms with Crippen molar-refractivity contribution in [1.29, 1.82) is 0 Å². The third kappa shape index (κ3) is 2.56. The summed E-state index contributed by atoms with van der Waals surface area (Å²) < 4.78 is 0. The molecule has 1 unspecified atom stereocenters. The van der Waals surface area contributed by atoms with Gasteiger partial charge in [0.15, 0.2) is 0 Å². The van der Waals surface area contributed by atoms with Crippen molar-refractivity contribution in [1.82, 2.24) is 0 Å². The first-order valence-corrected chi connectivity index (χ1v) is 10.3. The lowest BCUT2D eigenvalue weighted by atomic mass is 9.86. The Labute approximate surface area is 143 Å². The van der Waals surface area contributed by atoms with Gasteiger partial charge in [-0.25, -0.2) is 0 Å². The molecule has 0 heterocycles. The predicted molar refractivity (Wildman–Crippen MR) is 104 cm³/mol. The van der Waals surface area contributed by atoms with Crippen LogP contribution in [0.1, 0.15) is 52.2 Å². The minimum absolute atomic E-state index is 0.0437. The van der Waals surface area contributed by atoms with E-state index in [1.165, 1.54) is 17.5 Å². The van der Waals surface area contributed by atoms with Gasteiger partial charge >= 0.3 is 0 Å². The van der Waals surface area contributed by atoms with Gasteiger partial charge in [-0.3, -0.25) is 0 Å². The third-order valence-corrected chi connectivity index (χ3v) is 9.52. The van der Waals surface area contributed by atoms with E-state index in [0.717, 1.165) is 11.3 Å². The van der Waals surface area contributed by atoms with Crippen LogP contribution in [0.15, 0.2) is 60.7 Å². The van der Waals surface area contributed by atoms with Crippen molar-refractivity contribution in [2.75, 3.05) is 0 Å². The van der Waals surface area contributed by atoms with E-state index < -0.39 is 0 Å². The van der Waals surface area contributed by atoms with Gasteiger partial charge in [-0.05, 0) is 28.9 Å². The zero-order chi connectivity index (χ0) is 16.7. The Morgan fingerprint density at radius 2 is 1.13 bits per heavy atom. The van der Waals surface area contributed by atoms with Gasteiger partial charge in [-0.1, -0.05) is 103 Å². The van der Waals surface area contributed by atoms with Crippen molar-refractivity contribution in [3.63, 3.8) is 0 Å². The van der Waals surface area contributed by atoms with Crippen LogP contribution in [0.4, 0.5) is 0 Å². The van der Waals surface area contributed by atoms with Crippen molar-refractivity contribution < 1.29 is 0 Å². The van der Waals surface area contributed by atoms with E-state index in [9.17, 15) is 0 Å². The van der Waals surface area contributed by atoms with Crippen molar-refractivity contribution >= 4 is 7.92 Å². The molecule has 0 radical (unpaired) electrons. The molecule has 23 heavy (non-hydrogen) atoms. The topological polar surface area (TPSA) is 0 Å². The van der Waals surface area contributed by atoms with Crippen molar-refractivity contribution in [3.05, 3.63) is 71.8 Å². The normalized spacial score (nSPS) is 22.8. The van der Waals surface area contributed by atoms with Gasteiger partial charge in [0.05, 0.1) is 0 Å². The van der Waals surface area contributed by atoms with Gasteiger partial charge in [0, 0.05) is 10.6 Å². The zero-order valence-corrected chi connectivity index (χ0v) is 16.0. The summed E-state index contributed by atoms with van der Waals surface area (Å²) in [7, 11) is -0.0437. The maximum absolute atomic E-state index is 2.55. The second kappa shape index (κ2) is 6.06. The minimum Gasteiger partial charge on any atom is -0.0941 e. The lowest BCUT2D eigenvalue weighted by Gasteiger charge is -2.37. The first-order chi connectivity index (χ1) is 10.9. The Morgan fingerprint density at radius 1 is 0.739 bits per heavy atom. The van der Waals surface area contributed by atoms with Gasteiger partial charge in [0.1, 0.15) is 0 Å². The van der Waals surface area contributed by atoms with Crippen LogP contribution < -0.4 is 0 Å². The highest BCUT2D eigenvalue weighted by Gasteiger charge is 2.69. The number of rotatable bonds is 5. The fourth-order valence-corrected chi connectivity index (χ4v) is 9.55. The highest BCUT2D eigenvalue weighted by molar-refractivity contribution is 7.61. The summed E-state index contributed by atoms with van der Waals surface area (Å²) in [5.41, 5.74) is 4.74. The average Bonchev–Trinajstić information content (AvgIpc) is 3.15. The van der Waals surface area contributed by atoms with Gasteiger partial charge in [-0.15, -0.1) is 0 Å². The average molecular weight is 324 g/mol. The zero-order valence-electron chi connectivity index (χ0n) is 15.1. The molecule has 2 aromatic carbocycles. The lowest BCUT2D eigenvalue weighted by Crippen LogP contribution is -2.26. The van der Waals surface area contributed by atoms with Crippen LogP contribution >= 0.6 is 7.92 Å². The second-order valence-corrected chi connectivity index (χ2v) is 11.5. The van der Waals surface area contributed by atoms with Gasteiger partial charge in [-0.2, -0.15) is 0 Å². The minimum atomic E-state index is -0.0437. The second-order valence-electron chi connectivity index (χ2n) is 7.68. The molecule has 1 saturated carbocycles. The van der Waals surface area contributed by atoms with E-state index in [1.54, 1.807) is 0 Å². The Bertz CT molecular complexity index is 597. The predicted octanol–water partition coefficient (Wildman–Crippen LogP) is 6.43. The SMILES string of the molecule is CC(C)P(C(C)C)C1(C)CC1(c1ccccc1)c1ccccc1. The first kappa shape index (κ1) is 16.7. The summed E-state index contributed by atoms with van der Waals surface area (Å²) >= 11 is 0. The molecular weight excluding hydrogens is 295 g/mol. The molecule has 1 aliphatic carbocycles. The molecule has 0 amide bonds. The summed E-state index contributed by atoms with van der Waals surface area (Å²) in [5.74, 6) is 0. The maximum Gasteiger partial charge on any atom is 0.0305 e. The van der Waals surface area contributed by atoms with Crippen molar-refractivity contribution in [2.24, 2.45) is 0 Å². The quantitative estimate of drug-likeness (QED) is 0.556. The molecule has 2 aromatic rings. The Kier molecular flexibility index (Phi) is 4.41. The number of benzene rings is 2. The van der Waals surface area contributed by atoms with Gasteiger partial charge in [0.2, 0.25) is 0 Å². The molecule has 1 aliphatic rings. The molecule has 1 atom stereocenters. The van der Waals surface area contributed by atoms with Crippen LogP contribution in [0, 0.1) is 0 Å². The molecule has 0 bridgehead atoms. The van der Waals surface area contributed by atoms with Crippen LogP contribution in [0.2, 0.25) is 0 Å². The van der Waals surface area contributed by atoms with E-state index in [2.05, 4.69) is 95.3 Å². The first-order valence-electron chi connectivity index (χ1n) is 8.83. The summed E-state index contributed by atoms with van der Waals surface area (Å²) in [6.07, 6.45) is 1.29. The van der Waals surface area contributed by atoms with E-state index in [0.29, 0.717) is 5.16 Å². The standard InChI is InChI=1S/C22H29P/c1-17(2)23(18(3)4)21(5)16-22(21,19-12-8-6-9-13-19)20-14-10-7-11-15-20/h6-15,17-18H,16H2,1-5H3. The van der Waals surface area contributed by atoms with Crippen molar-refractivity contribution in [2.45, 2.75) is 62.9 Å². The smallest absolute Gasteiger partial charge is 0.0305 e. The van der Waals surface area contributed by atoms with E-state index in [1.807, 2.05) is 0 Å². The molecule has 0 aliphatic heterocycles. The molecule has 0 aromatic heterocycles. The molecule has 0 N–H and O–H groups in total. The van der Waals surface area contributed by atoms with E-state index in [4.69, 9.17) is 0 Å². The van der Waals surface area contributed by atoms with E-state index >= 15 is 0 Å². The molecule has 1 fully saturated rings. The highest BCUT2D eigenvalue weighted by atomic mass is 31.1. The molecule has 1 heteroatoms. The largest absolute Gasteiger partial charge is 0.0941 e. The van der Waals surface area contributed by atoms with Crippen LogP contribution in [0.5, 0.6) is 0 Å². The Morgan fingerprint density at radius 3 is 1.48 bits per heavy atom. The fourth-order valence-electron chi connectivity index (χ4n) is 4.96. The molecule has 0 spiro atoms. The van der Waals surface area contributed by atoms with Crippen LogP contribution in [-0.4, -0.2) is 16.5 Å². The number of hydrogen-bond donors (Lipinski definition) is 0. The third-order valence-electron chi connectivity index (χ3n) is 5.62. The van der Waals surface area contributed by atoms with E-state index in [-0.39, 0.29) is 13.3 Å². The molecule has 3 rings (SSSR count). The molecular formula is C22H29P. The van der Waals surface area contributed by atoms with Crippen LogP contribution in [-0.2, 0) is 5.41 Å². The molecule has 0 saturated heterocycles. The summed E-state index contributed by atoms with van der Waals surface area (Å²) in [4.78, 5) is 0. The highest BCUT2D eigenvalue weighted by Crippen LogP contribution is 2.79. The van der Waals surface area contributed by atoms with Crippen LogP contribution in [0.25, 0.3) is 0 Å². The lowest BCUT2D eigenvalue weighted by molar-refractivity contribution is 0.757. The maximum atomic E-state index is 2.55. The van der Waals surface area contributed by atoms with Gasteiger partial charge < -0.3 is 0 Å². The van der Waals surface area contributed by atoms with Gasteiger partial charge in [0.25, 0.3) is 0 Å². The summed E-state index contributed by atoms with van der Waals surface area (Å²) in [6, 6.07) is 22.4. The Hall–Kier alpha value is -1.13. The number of hydrogen-bond acceptors (Lipinski definition) is 0. The monoisotopic (exact) mass is 324 g/mol. The fraction of sp³-hybridized carbons (Fsp3) is 0.455. The molecule has 122 valence electrons. The molecule has 0 nitrogen and oxygen atoms in total. The summed E-state index contributed by atoms with van der Waals surface area (Å²) in [6.45, 7) is 12.3. The summed E-state index contributed by atoms with van der Waals surface area (Å²) in [5, 5.41) is 0.396. The van der Waals surface area contributed by atoms with Crippen LogP contribution in [0.3, 0.4) is 0 Å². The Balaban J connectivity index is 2.14.